The predicted octanol–water partition coefficient (Wildman–Crippen LogP) is 9.00. The Kier molecular flexibility index (Phi) is 7.45. The minimum Gasteiger partial charge on any atom is -0.310 e. The lowest BCUT2D eigenvalue weighted by Gasteiger charge is -2.27. The summed E-state index contributed by atoms with van der Waals surface area (Å²) in [6.07, 6.45) is 0. The third-order valence-electron chi connectivity index (χ3n) is 7.63. The van der Waals surface area contributed by atoms with Crippen LogP contribution in [0.1, 0.15) is 27.8 Å². The van der Waals surface area contributed by atoms with E-state index < -0.39 is 0 Å². The molecule has 0 N–H and O–H groups in total. The normalized spacial score (nSPS) is 10.1. The third-order valence-corrected chi connectivity index (χ3v) is 7.63. The molecule has 0 saturated heterocycles. The Hall–Kier alpha value is -7.17. The molecular formula is C39H20N6. The van der Waals surface area contributed by atoms with Gasteiger partial charge in [-0.1, -0.05) is 54.6 Å². The van der Waals surface area contributed by atoms with Crippen molar-refractivity contribution in [3.63, 3.8) is 0 Å². The molecule has 0 aliphatic rings. The first-order valence-corrected chi connectivity index (χ1v) is 13.9. The molecule has 0 spiro atoms. The lowest BCUT2D eigenvalue weighted by Crippen LogP contribution is -2.10. The van der Waals surface area contributed by atoms with Crippen molar-refractivity contribution in [1.82, 2.24) is 0 Å². The van der Waals surface area contributed by atoms with Crippen LogP contribution in [0.2, 0.25) is 0 Å². The van der Waals surface area contributed by atoms with E-state index in [-0.39, 0.29) is 0 Å². The molecule has 6 nitrogen and oxygen atoms in total. The maximum Gasteiger partial charge on any atom is 0.101 e. The van der Waals surface area contributed by atoms with Crippen LogP contribution in [0.3, 0.4) is 0 Å². The number of benzene rings is 6. The van der Waals surface area contributed by atoms with Crippen molar-refractivity contribution >= 4 is 27.8 Å². The summed E-state index contributed by atoms with van der Waals surface area (Å²) in [5.41, 5.74) is 8.06. The maximum absolute atomic E-state index is 9.78. The highest BCUT2D eigenvalue weighted by Gasteiger charge is 2.17. The quantitative estimate of drug-likeness (QED) is 0.203. The average Bonchev–Trinajstić information content (AvgIpc) is 3.11. The molecule has 0 atom stereocenters. The van der Waals surface area contributed by atoms with Crippen LogP contribution in [0.5, 0.6) is 0 Å². The van der Waals surface area contributed by atoms with Gasteiger partial charge in [-0.2, -0.15) is 26.3 Å². The standard InChI is InChI=1S/C39H20N6/c40-21-26-17-27(22-41)19-33(18-26)29-9-14-36(15-10-29)45(39-16-11-32(24-43)37-3-1-2-4-38(37)39)35-12-7-28(8-13-35)30-5-6-31(23-42)34(20-30)25-44/h1-20H. The molecule has 0 bridgehead atoms. The minimum atomic E-state index is 0.326. The molecule has 0 radical (unpaired) electrons. The summed E-state index contributed by atoms with van der Waals surface area (Å²) in [5, 5.41) is 49.3. The van der Waals surface area contributed by atoms with Gasteiger partial charge in [0.25, 0.3) is 0 Å². The van der Waals surface area contributed by atoms with E-state index in [2.05, 4.69) is 35.2 Å². The van der Waals surface area contributed by atoms with E-state index in [0.717, 1.165) is 50.1 Å². The molecule has 6 aromatic carbocycles. The Morgan fingerprint density at radius 2 is 0.889 bits per heavy atom. The van der Waals surface area contributed by atoms with Gasteiger partial charge < -0.3 is 4.90 Å². The van der Waals surface area contributed by atoms with Gasteiger partial charge in [0.05, 0.1) is 51.7 Å². The molecule has 0 aliphatic heterocycles. The van der Waals surface area contributed by atoms with Crippen LogP contribution in [-0.2, 0) is 0 Å². The van der Waals surface area contributed by atoms with E-state index in [1.807, 2.05) is 91.0 Å². The summed E-state index contributed by atoms with van der Waals surface area (Å²) >= 11 is 0. The summed E-state index contributed by atoms with van der Waals surface area (Å²) in [6, 6.07) is 48.4. The molecule has 0 fully saturated rings. The average molecular weight is 573 g/mol. The Balaban J connectivity index is 1.48. The van der Waals surface area contributed by atoms with Crippen molar-refractivity contribution in [2.75, 3.05) is 4.90 Å². The number of rotatable bonds is 5. The molecule has 0 saturated carbocycles. The Morgan fingerprint density at radius 1 is 0.378 bits per heavy atom. The van der Waals surface area contributed by atoms with Crippen molar-refractivity contribution in [3.8, 4) is 52.6 Å². The topological polar surface area (TPSA) is 122 Å². The summed E-state index contributed by atoms with van der Waals surface area (Å²) in [4.78, 5) is 2.11. The predicted molar refractivity (Wildman–Crippen MR) is 173 cm³/mol. The molecule has 6 heteroatoms. The molecule has 0 aromatic heterocycles. The summed E-state index contributed by atoms with van der Waals surface area (Å²) in [6.45, 7) is 0. The fourth-order valence-corrected chi connectivity index (χ4v) is 5.45. The van der Waals surface area contributed by atoms with Gasteiger partial charge in [0.15, 0.2) is 0 Å². The van der Waals surface area contributed by atoms with E-state index in [1.165, 1.54) is 0 Å². The van der Waals surface area contributed by atoms with Gasteiger partial charge in [-0.25, -0.2) is 0 Å². The highest BCUT2D eigenvalue weighted by Crippen LogP contribution is 2.41. The number of nitriles is 5. The van der Waals surface area contributed by atoms with Crippen molar-refractivity contribution in [1.29, 1.82) is 26.3 Å². The molecule has 6 rings (SSSR count). The molecule has 0 aliphatic carbocycles. The Labute approximate surface area is 260 Å². The van der Waals surface area contributed by atoms with Gasteiger partial charge in [-0.05, 0) is 89.0 Å². The highest BCUT2D eigenvalue weighted by atomic mass is 15.1. The largest absolute Gasteiger partial charge is 0.310 e. The van der Waals surface area contributed by atoms with E-state index >= 15 is 0 Å². The van der Waals surface area contributed by atoms with Crippen molar-refractivity contribution in [3.05, 3.63) is 149 Å². The Bertz CT molecular complexity index is 2290. The minimum absolute atomic E-state index is 0.326. The zero-order chi connectivity index (χ0) is 31.3. The number of anilines is 3. The van der Waals surface area contributed by atoms with Crippen LogP contribution in [-0.4, -0.2) is 0 Å². The molecule has 45 heavy (non-hydrogen) atoms. The van der Waals surface area contributed by atoms with Gasteiger partial charge in [-0.3, -0.25) is 0 Å². The zero-order valence-electron chi connectivity index (χ0n) is 23.7. The summed E-state index contributed by atoms with van der Waals surface area (Å²) in [7, 11) is 0. The Morgan fingerprint density at radius 3 is 1.44 bits per heavy atom. The second-order valence-corrected chi connectivity index (χ2v) is 10.2. The lowest BCUT2D eigenvalue weighted by atomic mass is 9.98. The van der Waals surface area contributed by atoms with E-state index in [4.69, 9.17) is 0 Å². The van der Waals surface area contributed by atoms with Crippen molar-refractivity contribution in [2.24, 2.45) is 0 Å². The summed E-state index contributed by atoms with van der Waals surface area (Å²) in [5.74, 6) is 0. The molecule has 6 aromatic rings. The second kappa shape index (κ2) is 12.0. The first kappa shape index (κ1) is 28.0. The van der Waals surface area contributed by atoms with E-state index in [1.54, 1.807) is 30.3 Å². The maximum atomic E-state index is 9.78. The number of hydrogen-bond acceptors (Lipinski definition) is 6. The smallest absolute Gasteiger partial charge is 0.101 e. The monoisotopic (exact) mass is 572 g/mol. The molecule has 206 valence electrons. The highest BCUT2D eigenvalue weighted by molar-refractivity contribution is 6.01. The number of fused-ring (bicyclic) bond motifs is 1. The number of hydrogen-bond donors (Lipinski definition) is 0. The fraction of sp³-hybridized carbons (Fsp3) is 0. The molecule has 0 amide bonds. The van der Waals surface area contributed by atoms with Crippen LogP contribution in [0.15, 0.2) is 121 Å². The lowest BCUT2D eigenvalue weighted by molar-refractivity contribution is 1.29. The van der Waals surface area contributed by atoms with Crippen molar-refractivity contribution < 1.29 is 0 Å². The first-order chi connectivity index (χ1) is 22.1. The van der Waals surface area contributed by atoms with Gasteiger partial charge >= 0.3 is 0 Å². The van der Waals surface area contributed by atoms with Gasteiger partial charge in [-0.15, -0.1) is 0 Å². The van der Waals surface area contributed by atoms with Gasteiger partial charge in [0.2, 0.25) is 0 Å². The molecule has 0 heterocycles. The van der Waals surface area contributed by atoms with Crippen molar-refractivity contribution in [2.45, 2.75) is 0 Å². The van der Waals surface area contributed by atoms with Gasteiger partial charge in [0, 0.05) is 22.1 Å². The van der Waals surface area contributed by atoms with Crippen LogP contribution in [0.25, 0.3) is 33.0 Å². The van der Waals surface area contributed by atoms with E-state index in [9.17, 15) is 26.3 Å². The third kappa shape index (κ3) is 5.30. The van der Waals surface area contributed by atoms with Crippen LogP contribution < -0.4 is 4.90 Å². The van der Waals surface area contributed by atoms with Crippen LogP contribution in [0, 0.1) is 56.7 Å². The van der Waals surface area contributed by atoms with Gasteiger partial charge in [0.1, 0.15) is 12.1 Å². The fourth-order valence-electron chi connectivity index (χ4n) is 5.45. The number of nitrogens with zero attached hydrogens (tertiary/aromatic N) is 6. The van der Waals surface area contributed by atoms with Crippen LogP contribution in [0.4, 0.5) is 17.1 Å². The summed E-state index contributed by atoms with van der Waals surface area (Å²) < 4.78 is 0. The van der Waals surface area contributed by atoms with E-state index in [0.29, 0.717) is 27.8 Å². The SMILES string of the molecule is N#Cc1cc(C#N)cc(-c2ccc(N(c3ccc(-c4ccc(C#N)c(C#N)c4)cc3)c3ccc(C#N)c4ccccc34)cc2)c1. The molecule has 0 unspecified atom stereocenters. The van der Waals surface area contributed by atoms with Crippen LogP contribution >= 0.6 is 0 Å². The molecular weight excluding hydrogens is 552 g/mol. The first-order valence-electron chi connectivity index (χ1n) is 13.9. The second-order valence-electron chi connectivity index (χ2n) is 10.2. The zero-order valence-corrected chi connectivity index (χ0v) is 23.7.